The third-order valence-electron chi connectivity index (χ3n) is 4.11. The number of nitriles is 1. The van der Waals surface area contributed by atoms with Crippen molar-refractivity contribution in [2.75, 3.05) is 11.9 Å². The van der Waals surface area contributed by atoms with Crippen LogP contribution in [0.5, 0.6) is 5.75 Å². The Labute approximate surface area is 153 Å². The third kappa shape index (κ3) is 4.17. The van der Waals surface area contributed by atoms with Crippen molar-refractivity contribution in [2.45, 2.75) is 19.9 Å². The smallest absolute Gasteiger partial charge is 0.163 e. The van der Waals surface area contributed by atoms with Crippen molar-refractivity contribution in [3.63, 3.8) is 0 Å². The zero-order chi connectivity index (χ0) is 18.4. The van der Waals surface area contributed by atoms with Crippen LogP contribution < -0.4 is 10.1 Å². The maximum absolute atomic E-state index is 8.86. The van der Waals surface area contributed by atoms with Gasteiger partial charge in [0, 0.05) is 0 Å². The van der Waals surface area contributed by atoms with Crippen LogP contribution in [0.3, 0.4) is 0 Å². The average molecular weight is 344 g/mol. The molecule has 0 saturated heterocycles. The summed E-state index contributed by atoms with van der Waals surface area (Å²) in [6.45, 7) is 4.52. The number of nitrogens with zero attached hydrogens (tertiary/aromatic N) is 3. The van der Waals surface area contributed by atoms with Crippen molar-refractivity contribution < 1.29 is 4.74 Å². The Morgan fingerprint density at radius 3 is 2.31 bits per heavy atom. The highest BCUT2D eigenvalue weighted by atomic mass is 16.5. The van der Waals surface area contributed by atoms with Gasteiger partial charge in [-0.1, -0.05) is 48.5 Å². The van der Waals surface area contributed by atoms with Crippen molar-refractivity contribution in [1.82, 2.24) is 10.2 Å². The molecule has 0 bridgehead atoms. The summed E-state index contributed by atoms with van der Waals surface area (Å²) in [5.74, 6) is 1.50. The van der Waals surface area contributed by atoms with E-state index in [0.717, 1.165) is 22.4 Å². The predicted molar refractivity (Wildman–Crippen MR) is 101 cm³/mol. The summed E-state index contributed by atoms with van der Waals surface area (Å²) in [5.41, 5.74) is 3.59. The lowest BCUT2D eigenvalue weighted by Gasteiger charge is -2.21. The molecular formula is C21H20N4O. The van der Waals surface area contributed by atoms with Crippen LogP contribution in [-0.4, -0.2) is 16.8 Å². The summed E-state index contributed by atoms with van der Waals surface area (Å²) in [4.78, 5) is 0. The Morgan fingerprint density at radius 2 is 1.69 bits per heavy atom. The predicted octanol–water partition coefficient (Wildman–Crippen LogP) is 4.20. The van der Waals surface area contributed by atoms with E-state index in [1.165, 1.54) is 0 Å². The maximum Gasteiger partial charge on any atom is 0.163 e. The van der Waals surface area contributed by atoms with Gasteiger partial charge in [-0.2, -0.15) is 5.26 Å². The molecule has 1 heterocycles. The molecule has 0 aliphatic rings. The summed E-state index contributed by atoms with van der Waals surface area (Å²) in [6.07, 6.45) is 0. The van der Waals surface area contributed by atoms with Crippen LogP contribution in [0.15, 0.2) is 60.7 Å². The standard InChI is InChI=1S/C21H20N4O/c1-15-7-6-8-16(2)21(15)26-14-19(17-9-4-3-5-10-17)23-20-12-11-18(13-22)24-25-20/h3-12,19H,14H2,1-2H3,(H,23,25). The van der Waals surface area contributed by atoms with E-state index in [1.54, 1.807) is 12.1 Å². The molecule has 5 heteroatoms. The molecular weight excluding hydrogens is 324 g/mol. The molecule has 3 rings (SSSR count). The molecule has 1 N–H and O–H groups in total. The summed E-state index contributed by atoms with van der Waals surface area (Å²) >= 11 is 0. The number of aryl methyl sites for hydroxylation is 2. The molecule has 0 fully saturated rings. The van der Waals surface area contributed by atoms with Gasteiger partial charge in [0.1, 0.15) is 24.2 Å². The van der Waals surface area contributed by atoms with Crippen LogP contribution in [0.2, 0.25) is 0 Å². The van der Waals surface area contributed by atoms with E-state index in [-0.39, 0.29) is 6.04 Å². The zero-order valence-electron chi connectivity index (χ0n) is 14.8. The highest BCUT2D eigenvalue weighted by Crippen LogP contribution is 2.25. The third-order valence-corrected chi connectivity index (χ3v) is 4.11. The van der Waals surface area contributed by atoms with Crippen LogP contribution in [-0.2, 0) is 0 Å². The van der Waals surface area contributed by atoms with Gasteiger partial charge in [-0.05, 0) is 42.7 Å². The van der Waals surface area contributed by atoms with E-state index in [0.29, 0.717) is 18.1 Å². The van der Waals surface area contributed by atoms with Crippen molar-refractivity contribution in [3.05, 3.63) is 83.0 Å². The first-order chi connectivity index (χ1) is 12.7. The van der Waals surface area contributed by atoms with Crippen molar-refractivity contribution in [3.8, 4) is 11.8 Å². The van der Waals surface area contributed by atoms with Crippen LogP contribution >= 0.6 is 0 Å². The van der Waals surface area contributed by atoms with E-state index in [4.69, 9.17) is 10.00 Å². The second kappa shape index (κ2) is 8.13. The van der Waals surface area contributed by atoms with Gasteiger partial charge in [0.15, 0.2) is 5.69 Å². The number of para-hydroxylation sites is 1. The fraction of sp³-hybridized carbons (Fsp3) is 0.190. The lowest BCUT2D eigenvalue weighted by atomic mass is 10.1. The molecule has 0 aliphatic carbocycles. The van der Waals surface area contributed by atoms with E-state index >= 15 is 0 Å². The van der Waals surface area contributed by atoms with Crippen molar-refractivity contribution in [1.29, 1.82) is 5.26 Å². The van der Waals surface area contributed by atoms with E-state index in [2.05, 4.69) is 15.5 Å². The molecule has 0 aliphatic heterocycles. The van der Waals surface area contributed by atoms with Gasteiger partial charge >= 0.3 is 0 Å². The van der Waals surface area contributed by atoms with E-state index in [1.807, 2.05) is 68.4 Å². The van der Waals surface area contributed by atoms with E-state index < -0.39 is 0 Å². The molecule has 1 aromatic heterocycles. The van der Waals surface area contributed by atoms with Gasteiger partial charge in [0.05, 0.1) is 6.04 Å². The molecule has 0 amide bonds. The number of nitrogens with one attached hydrogen (secondary N) is 1. The minimum Gasteiger partial charge on any atom is -0.491 e. The lowest BCUT2D eigenvalue weighted by molar-refractivity contribution is 0.295. The first-order valence-electron chi connectivity index (χ1n) is 8.41. The van der Waals surface area contributed by atoms with Gasteiger partial charge in [0.2, 0.25) is 0 Å². The molecule has 0 spiro atoms. The number of aromatic nitrogens is 2. The van der Waals surface area contributed by atoms with Crippen molar-refractivity contribution in [2.24, 2.45) is 0 Å². The SMILES string of the molecule is Cc1cccc(C)c1OCC(Nc1ccc(C#N)nn1)c1ccccc1. The Bertz CT molecular complexity index is 881. The molecule has 1 atom stereocenters. The van der Waals surface area contributed by atoms with Gasteiger partial charge in [-0.3, -0.25) is 0 Å². The first-order valence-corrected chi connectivity index (χ1v) is 8.41. The fourth-order valence-electron chi connectivity index (χ4n) is 2.75. The molecule has 130 valence electrons. The highest BCUT2D eigenvalue weighted by molar-refractivity contribution is 5.41. The number of hydrogen-bond acceptors (Lipinski definition) is 5. The van der Waals surface area contributed by atoms with E-state index in [9.17, 15) is 0 Å². The van der Waals surface area contributed by atoms with Crippen LogP contribution in [0.4, 0.5) is 5.82 Å². The Balaban J connectivity index is 1.80. The van der Waals surface area contributed by atoms with Gasteiger partial charge in [-0.25, -0.2) is 0 Å². The normalized spacial score (nSPS) is 11.4. The quantitative estimate of drug-likeness (QED) is 0.726. The molecule has 5 nitrogen and oxygen atoms in total. The number of rotatable bonds is 6. The van der Waals surface area contributed by atoms with Gasteiger partial charge in [-0.15, -0.1) is 10.2 Å². The molecule has 3 aromatic rings. The van der Waals surface area contributed by atoms with Crippen LogP contribution in [0.1, 0.15) is 28.4 Å². The Kier molecular flexibility index (Phi) is 5.45. The molecule has 26 heavy (non-hydrogen) atoms. The Hall–Kier alpha value is -3.39. The van der Waals surface area contributed by atoms with Gasteiger partial charge in [0.25, 0.3) is 0 Å². The number of benzene rings is 2. The van der Waals surface area contributed by atoms with Gasteiger partial charge < -0.3 is 10.1 Å². The summed E-state index contributed by atoms with van der Waals surface area (Å²) in [5, 5.41) is 20.1. The molecule has 1 unspecified atom stereocenters. The number of ether oxygens (including phenoxy) is 1. The maximum atomic E-state index is 8.86. The largest absolute Gasteiger partial charge is 0.491 e. The highest BCUT2D eigenvalue weighted by Gasteiger charge is 2.15. The zero-order valence-corrected chi connectivity index (χ0v) is 14.8. The molecule has 0 saturated carbocycles. The number of hydrogen-bond donors (Lipinski definition) is 1. The fourth-order valence-corrected chi connectivity index (χ4v) is 2.75. The second-order valence-corrected chi connectivity index (χ2v) is 6.06. The minimum atomic E-state index is -0.0996. The second-order valence-electron chi connectivity index (χ2n) is 6.06. The summed E-state index contributed by atoms with van der Waals surface area (Å²) in [7, 11) is 0. The molecule has 2 aromatic carbocycles. The summed E-state index contributed by atoms with van der Waals surface area (Å²) < 4.78 is 6.14. The monoisotopic (exact) mass is 344 g/mol. The summed E-state index contributed by atoms with van der Waals surface area (Å²) in [6, 6.07) is 21.4. The topological polar surface area (TPSA) is 70.8 Å². The van der Waals surface area contributed by atoms with Crippen molar-refractivity contribution >= 4 is 5.82 Å². The molecule has 0 radical (unpaired) electrons. The van der Waals surface area contributed by atoms with Crippen LogP contribution in [0, 0.1) is 25.2 Å². The lowest BCUT2D eigenvalue weighted by Crippen LogP contribution is -2.20. The Morgan fingerprint density at radius 1 is 0.962 bits per heavy atom. The average Bonchev–Trinajstić information content (AvgIpc) is 2.68. The minimum absolute atomic E-state index is 0.0996. The number of anilines is 1. The first kappa shape index (κ1) is 17.4. The van der Waals surface area contributed by atoms with Crippen LogP contribution in [0.25, 0.3) is 0 Å².